The van der Waals surface area contributed by atoms with Gasteiger partial charge in [-0.25, -0.2) is 0 Å². The Morgan fingerprint density at radius 2 is 2.22 bits per heavy atom. The van der Waals surface area contributed by atoms with Crippen LogP contribution in [-0.4, -0.2) is 4.98 Å². The molecule has 0 aliphatic heterocycles. The predicted molar refractivity (Wildman–Crippen MR) is 78.4 cm³/mol. The maximum Gasteiger partial charge on any atom is 0.0460 e. The van der Waals surface area contributed by atoms with E-state index in [1.807, 2.05) is 6.07 Å². The summed E-state index contributed by atoms with van der Waals surface area (Å²) in [6.07, 6.45) is 5.12. The minimum Gasteiger partial charge on any atom is -0.358 e. The number of fused-ring (bicyclic) bond motifs is 3. The van der Waals surface area contributed by atoms with Gasteiger partial charge in [0.05, 0.1) is 0 Å². The monoisotopic (exact) mass is 261 g/mol. The summed E-state index contributed by atoms with van der Waals surface area (Å²) in [5.74, 6) is 1.47. The third-order valence-electron chi connectivity index (χ3n) is 4.04. The Morgan fingerprint density at radius 1 is 1.39 bits per heavy atom. The normalized spacial score (nSPS) is 19.4. The molecule has 1 unspecified atom stereocenters. The van der Waals surface area contributed by atoms with Crippen molar-refractivity contribution >= 4 is 22.5 Å². The number of rotatable bonds is 2. The minimum atomic E-state index is 0.708. The molecule has 1 heterocycles. The van der Waals surface area contributed by atoms with E-state index in [9.17, 15) is 0 Å². The molecule has 0 radical (unpaired) electrons. The second-order valence-electron chi connectivity index (χ2n) is 5.93. The van der Waals surface area contributed by atoms with Crippen molar-refractivity contribution in [2.24, 2.45) is 5.92 Å². The summed E-state index contributed by atoms with van der Waals surface area (Å²) in [6.45, 7) is 4.63. The van der Waals surface area contributed by atoms with Crippen LogP contribution in [-0.2, 0) is 6.42 Å². The highest BCUT2D eigenvalue weighted by Crippen LogP contribution is 2.39. The van der Waals surface area contributed by atoms with Crippen LogP contribution < -0.4 is 0 Å². The lowest BCUT2D eigenvalue weighted by Gasteiger charge is -2.24. The zero-order chi connectivity index (χ0) is 12.7. The van der Waals surface area contributed by atoms with Gasteiger partial charge in [0.2, 0.25) is 0 Å². The molecule has 2 heteroatoms. The molecule has 0 amide bonds. The van der Waals surface area contributed by atoms with Crippen LogP contribution in [0.3, 0.4) is 0 Å². The first-order valence-electron chi connectivity index (χ1n) is 6.95. The summed E-state index contributed by atoms with van der Waals surface area (Å²) in [7, 11) is 0. The summed E-state index contributed by atoms with van der Waals surface area (Å²) < 4.78 is 0. The molecule has 0 bridgehead atoms. The van der Waals surface area contributed by atoms with Gasteiger partial charge in [-0.2, -0.15) is 0 Å². The third kappa shape index (κ3) is 2.05. The molecule has 2 aromatic rings. The van der Waals surface area contributed by atoms with Crippen LogP contribution in [0.15, 0.2) is 18.2 Å². The molecule has 18 heavy (non-hydrogen) atoms. The molecule has 1 aromatic heterocycles. The van der Waals surface area contributed by atoms with Crippen molar-refractivity contribution in [3.8, 4) is 0 Å². The van der Waals surface area contributed by atoms with Gasteiger partial charge in [-0.15, -0.1) is 0 Å². The Kier molecular flexibility index (Phi) is 3.11. The van der Waals surface area contributed by atoms with Gasteiger partial charge in [0, 0.05) is 21.6 Å². The first kappa shape index (κ1) is 12.1. The SMILES string of the molecule is CC(C)CC1CCCc2c1[nH]c1ccc(Cl)cc21. The van der Waals surface area contributed by atoms with E-state index in [1.165, 1.54) is 47.8 Å². The van der Waals surface area contributed by atoms with E-state index in [-0.39, 0.29) is 0 Å². The largest absolute Gasteiger partial charge is 0.358 e. The van der Waals surface area contributed by atoms with E-state index in [0.29, 0.717) is 5.92 Å². The number of nitrogens with one attached hydrogen (secondary N) is 1. The molecular formula is C16H20ClN. The highest BCUT2D eigenvalue weighted by molar-refractivity contribution is 6.31. The fraction of sp³-hybridized carbons (Fsp3) is 0.500. The van der Waals surface area contributed by atoms with Gasteiger partial charge in [-0.05, 0) is 61.3 Å². The quantitative estimate of drug-likeness (QED) is 0.756. The smallest absolute Gasteiger partial charge is 0.0460 e. The molecular weight excluding hydrogens is 242 g/mol. The first-order valence-corrected chi connectivity index (χ1v) is 7.33. The van der Waals surface area contributed by atoms with Crippen LogP contribution in [0.25, 0.3) is 10.9 Å². The lowest BCUT2D eigenvalue weighted by Crippen LogP contribution is -2.11. The third-order valence-corrected chi connectivity index (χ3v) is 4.28. The Balaban J connectivity index is 2.09. The van der Waals surface area contributed by atoms with Crippen LogP contribution in [0.4, 0.5) is 0 Å². The molecule has 96 valence electrons. The van der Waals surface area contributed by atoms with Crippen LogP contribution in [0.5, 0.6) is 0 Å². The van der Waals surface area contributed by atoms with E-state index in [1.54, 1.807) is 0 Å². The molecule has 0 fully saturated rings. The molecule has 1 aliphatic carbocycles. The highest BCUT2D eigenvalue weighted by atomic mass is 35.5. The van der Waals surface area contributed by atoms with E-state index >= 15 is 0 Å². The van der Waals surface area contributed by atoms with Crippen molar-refractivity contribution in [2.45, 2.75) is 45.4 Å². The van der Waals surface area contributed by atoms with E-state index in [0.717, 1.165) is 10.9 Å². The number of hydrogen-bond donors (Lipinski definition) is 1. The number of aromatic amines is 1. The molecule has 1 aliphatic rings. The number of aromatic nitrogens is 1. The first-order chi connectivity index (χ1) is 8.65. The Bertz CT molecular complexity index is 568. The van der Waals surface area contributed by atoms with Gasteiger partial charge < -0.3 is 4.98 Å². The van der Waals surface area contributed by atoms with Crippen molar-refractivity contribution in [3.05, 3.63) is 34.5 Å². The van der Waals surface area contributed by atoms with Gasteiger partial charge in [-0.3, -0.25) is 0 Å². The van der Waals surface area contributed by atoms with Crippen molar-refractivity contribution in [1.29, 1.82) is 0 Å². The van der Waals surface area contributed by atoms with Crippen molar-refractivity contribution in [1.82, 2.24) is 4.98 Å². The van der Waals surface area contributed by atoms with Crippen molar-refractivity contribution in [2.75, 3.05) is 0 Å². The number of aryl methyl sites for hydroxylation is 1. The molecule has 0 spiro atoms. The van der Waals surface area contributed by atoms with Crippen LogP contribution in [0, 0.1) is 5.92 Å². The van der Waals surface area contributed by atoms with E-state index < -0.39 is 0 Å². The molecule has 3 rings (SSSR count). The molecule has 0 saturated carbocycles. The topological polar surface area (TPSA) is 15.8 Å². The highest BCUT2D eigenvalue weighted by Gasteiger charge is 2.24. The fourth-order valence-electron chi connectivity index (χ4n) is 3.33. The Morgan fingerprint density at radius 3 is 3.00 bits per heavy atom. The standard InChI is InChI=1S/C16H20ClN/c1-10(2)8-11-4-3-5-13-14-9-12(17)6-7-15(14)18-16(11)13/h6-7,9-11,18H,3-5,8H2,1-2H3. The molecule has 1 N–H and O–H groups in total. The van der Waals surface area contributed by atoms with Crippen LogP contribution in [0.1, 0.15) is 50.3 Å². The van der Waals surface area contributed by atoms with Gasteiger partial charge >= 0.3 is 0 Å². The van der Waals surface area contributed by atoms with Crippen LogP contribution >= 0.6 is 11.6 Å². The zero-order valence-electron chi connectivity index (χ0n) is 11.1. The lowest BCUT2D eigenvalue weighted by atomic mass is 9.82. The second-order valence-corrected chi connectivity index (χ2v) is 6.36. The van der Waals surface area contributed by atoms with Gasteiger partial charge in [0.25, 0.3) is 0 Å². The van der Waals surface area contributed by atoms with Gasteiger partial charge in [0.15, 0.2) is 0 Å². The summed E-state index contributed by atoms with van der Waals surface area (Å²) in [6, 6.07) is 6.20. The van der Waals surface area contributed by atoms with Gasteiger partial charge in [0.1, 0.15) is 0 Å². The maximum atomic E-state index is 6.12. The maximum absolute atomic E-state index is 6.12. The number of benzene rings is 1. The van der Waals surface area contributed by atoms with E-state index in [4.69, 9.17) is 11.6 Å². The Labute approximate surface area is 114 Å². The molecule has 1 aromatic carbocycles. The minimum absolute atomic E-state index is 0.708. The lowest BCUT2D eigenvalue weighted by molar-refractivity contribution is 0.442. The zero-order valence-corrected chi connectivity index (χ0v) is 11.8. The number of H-pyrrole nitrogens is 1. The Hall–Kier alpha value is -0.950. The summed E-state index contributed by atoms with van der Waals surface area (Å²) in [5, 5.41) is 2.18. The average molecular weight is 262 g/mol. The summed E-state index contributed by atoms with van der Waals surface area (Å²) in [4.78, 5) is 3.64. The predicted octanol–water partition coefficient (Wildman–Crippen LogP) is 5.29. The fourth-order valence-corrected chi connectivity index (χ4v) is 3.50. The molecule has 0 saturated heterocycles. The van der Waals surface area contributed by atoms with Gasteiger partial charge in [-0.1, -0.05) is 25.4 Å². The molecule has 1 nitrogen and oxygen atoms in total. The summed E-state index contributed by atoms with van der Waals surface area (Å²) in [5.41, 5.74) is 4.25. The van der Waals surface area contributed by atoms with E-state index in [2.05, 4.69) is 31.0 Å². The van der Waals surface area contributed by atoms with Crippen LogP contribution in [0.2, 0.25) is 5.02 Å². The van der Waals surface area contributed by atoms with Crippen molar-refractivity contribution in [3.63, 3.8) is 0 Å². The number of hydrogen-bond acceptors (Lipinski definition) is 0. The second kappa shape index (κ2) is 4.62. The summed E-state index contributed by atoms with van der Waals surface area (Å²) >= 11 is 6.12. The molecule has 1 atom stereocenters. The van der Waals surface area contributed by atoms with Crippen molar-refractivity contribution < 1.29 is 0 Å². The number of halogens is 1. The average Bonchev–Trinajstić information content (AvgIpc) is 2.68.